The van der Waals surface area contributed by atoms with E-state index in [1.165, 1.54) is 0 Å². The second-order valence-corrected chi connectivity index (χ2v) is 2.44. The molecule has 0 aliphatic heterocycles. The topological polar surface area (TPSA) is 38.0 Å². The van der Waals surface area contributed by atoms with Crippen molar-refractivity contribution >= 4 is 9.39 Å². The highest BCUT2D eigenvalue weighted by molar-refractivity contribution is 7.14. The fourth-order valence-corrected chi connectivity index (χ4v) is 0.912. The van der Waals surface area contributed by atoms with E-state index in [0.717, 1.165) is 11.4 Å². The minimum Gasteiger partial charge on any atom is -0.399 e. The van der Waals surface area contributed by atoms with Gasteiger partial charge >= 0.3 is 0 Å². The van der Waals surface area contributed by atoms with E-state index >= 15 is 0 Å². The van der Waals surface area contributed by atoms with Crippen molar-refractivity contribution in [3.05, 3.63) is 47.9 Å². The van der Waals surface area contributed by atoms with Crippen LogP contribution in [0.25, 0.3) is 0 Å². The van der Waals surface area contributed by atoms with Crippen molar-refractivity contribution in [1.82, 2.24) is 5.09 Å². The molecule has 1 unspecified atom stereocenters. The van der Waals surface area contributed by atoms with Crippen LogP contribution in [0.15, 0.2) is 47.9 Å². The summed E-state index contributed by atoms with van der Waals surface area (Å²) >= 11 is 0. The second-order valence-electron chi connectivity index (χ2n) is 2.15. The Morgan fingerprint density at radius 3 is 2.64 bits per heavy atom. The van der Waals surface area contributed by atoms with E-state index in [2.05, 4.69) is 14.5 Å². The minimum atomic E-state index is 0.757. The van der Waals surface area contributed by atoms with Gasteiger partial charge in [-0.3, -0.25) is 0 Å². The van der Waals surface area contributed by atoms with Gasteiger partial charge in [0.15, 0.2) is 0 Å². The lowest BCUT2D eigenvalue weighted by atomic mass is 10.2. The summed E-state index contributed by atoms with van der Waals surface area (Å²) in [5.74, 6) is 0. The van der Waals surface area contributed by atoms with Crippen LogP contribution in [-0.4, -0.2) is 0 Å². The lowest BCUT2D eigenvalue weighted by Crippen LogP contribution is -1.97. The molecule has 3 heteroatoms. The van der Waals surface area contributed by atoms with Gasteiger partial charge in [-0.1, -0.05) is 12.2 Å². The third kappa shape index (κ3) is 2.60. The van der Waals surface area contributed by atoms with Gasteiger partial charge in [0.05, 0.1) is 0 Å². The molecule has 1 aliphatic rings. The van der Waals surface area contributed by atoms with Crippen LogP contribution in [0.2, 0.25) is 0 Å². The van der Waals surface area contributed by atoms with Gasteiger partial charge in [0.25, 0.3) is 0 Å². The van der Waals surface area contributed by atoms with Gasteiger partial charge < -0.3 is 10.8 Å². The van der Waals surface area contributed by atoms with Crippen molar-refractivity contribution < 1.29 is 0 Å². The molecule has 0 aromatic rings. The fourth-order valence-electron chi connectivity index (χ4n) is 0.719. The zero-order chi connectivity index (χ0) is 8.10. The van der Waals surface area contributed by atoms with E-state index in [9.17, 15) is 0 Å². The SMILES string of the molecule is NC1=C/C=C(NP)\C=C/C=C1. The maximum absolute atomic E-state index is 5.58. The predicted octanol–water partition coefficient (Wildman–Crippen LogP) is 1.22. The molecule has 0 spiro atoms. The van der Waals surface area contributed by atoms with E-state index in [4.69, 9.17) is 5.73 Å². The second kappa shape index (κ2) is 3.99. The number of hydrogen-bond donors (Lipinski definition) is 2. The average molecular weight is 166 g/mol. The van der Waals surface area contributed by atoms with Crippen molar-refractivity contribution in [2.75, 3.05) is 0 Å². The van der Waals surface area contributed by atoms with Crippen LogP contribution >= 0.6 is 9.39 Å². The number of nitrogens with two attached hydrogens (primary N) is 1. The summed E-state index contributed by atoms with van der Waals surface area (Å²) in [5.41, 5.74) is 7.35. The highest BCUT2D eigenvalue weighted by Crippen LogP contribution is 2.01. The summed E-state index contributed by atoms with van der Waals surface area (Å²) in [5, 5.41) is 2.95. The Morgan fingerprint density at radius 1 is 1.18 bits per heavy atom. The molecule has 0 saturated carbocycles. The van der Waals surface area contributed by atoms with Gasteiger partial charge in [0, 0.05) is 11.4 Å². The normalized spacial score (nSPS) is 24.1. The molecule has 0 radical (unpaired) electrons. The molecular formula is C8H11N2P. The molecule has 0 fully saturated rings. The van der Waals surface area contributed by atoms with Crippen LogP contribution in [0.1, 0.15) is 0 Å². The van der Waals surface area contributed by atoms with Gasteiger partial charge in [0.1, 0.15) is 0 Å². The van der Waals surface area contributed by atoms with Crippen LogP contribution in [0.5, 0.6) is 0 Å². The van der Waals surface area contributed by atoms with Crippen LogP contribution in [-0.2, 0) is 0 Å². The Hall–Kier alpha value is -1.01. The Balaban J connectivity index is 2.84. The zero-order valence-corrected chi connectivity index (χ0v) is 7.27. The Morgan fingerprint density at radius 2 is 1.91 bits per heavy atom. The quantitative estimate of drug-likeness (QED) is 0.575. The summed E-state index contributed by atoms with van der Waals surface area (Å²) in [6.07, 6.45) is 11.4. The first-order valence-corrected chi connectivity index (χ1v) is 3.89. The number of allylic oxidation sites excluding steroid dienone is 6. The Bertz CT molecular complexity index is 249. The van der Waals surface area contributed by atoms with E-state index in [1.807, 2.05) is 36.5 Å². The van der Waals surface area contributed by atoms with Crippen LogP contribution < -0.4 is 10.8 Å². The average Bonchev–Trinajstić information content (AvgIpc) is 1.98. The predicted molar refractivity (Wildman–Crippen MR) is 51.5 cm³/mol. The molecule has 0 aromatic carbocycles. The summed E-state index contributed by atoms with van der Waals surface area (Å²) in [4.78, 5) is 0. The lowest BCUT2D eigenvalue weighted by molar-refractivity contribution is 1.28. The molecule has 11 heavy (non-hydrogen) atoms. The summed E-state index contributed by atoms with van der Waals surface area (Å²) < 4.78 is 0. The molecule has 0 bridgehead atoms. The number of hydrogen-bond acceptors (Lipinski definition) is 2. The van der Waals surface area contributed by atoms with E-state index in [1.54, 1.807) is 0 Å². The highest BCUT2D eigenvalue weighted by atomic mass is 31.0. The van der Waals surface area contributed by atoms with E-state index in [0.29, 0.717) is 0 Å². The minimum absolute atomic E-state index is 0.757. The van der Waals surface area contributed by atoms with E-state index < -0.39 is 0 Å². The van der Waals surface area contributed by atoms with Gasteiger partial charge in [-0.15, -0.1) is 0 Å². The fraction of sp³-hybridized carbons (Fsp3) is 0. The maximum Gasteiger partial charge on any atom is 0.0369 e. The largest absolute Gasteiger partial charge is 0.399 e. The van der Waals surface area contributed by atoms with Crippen LogP contribution in [0, 0.1) is 0 Å². The smallest absolute Gasteiger partial charge is 0.0369 e. The molecule has 3 N–H and O–H groups in total. The number of nitrogens with one attached hydrogen (secondary N) is 1. The lowest BCUT2D eigenvalue weighted by Gasteiger charge is -1.99. The summed E-state index contributed by atoms with van der Waals surface area (Å²) in [6, 6.07) is 0. The first kappa shape index (κ1) is 8.09. The third-order valence-corrected chi connectivity index (χ3v) is 1.63. The van der Waals surface area contributed by atoms with Crippen molar-refractivity contribution in [3.63, 3.8) is 0 Å². The maximum atomic E-state index is 5.58. The molecule has 1 aliphatic carbocycles. The van der Waals surface area contributed by atoms with Crippen molar-refractivity contribution in [1.29, 1.82) is 0 Å². The van der Waals surface area contributed by atoms with Gasteiger partial charge in [0.2, 0.25) is 0 Å². The molecule has 1 rings (SSSR count). The Kier molecular flexibility index (Phi) is 2.94. The molecular weight excluding hydrogens is 155 g/mol. The first-order valence-electron chi connectivity index (χ1n) is 3.32. The third-order valence-electron chi connectivity index (χ3n) is 1.30. The first-order chi connectivity index (χ1) is 5.33. The van der Waals surface area contributed by atoms with E-state index in [-0.39, 0.29) is 0 Å². The summed E-state index contributed by atoms with van der Waals surface area (Å²) in [7, 11) is 2.43. The van der Waals surface area contributed by atoms with Gasteiger partial charge in [-0.25, -0.2) is 0 Å². The molecule has 0 amide bonds. The summed E-state index contributed by atoms with van der Waals surface area (Å²) in [6.45, 7) is 0. The molecule has 0 saturated heterocycles. The molecule has 0 heterocycles. The van der Waals surface area contributed by atoms with Gasteiger partial charge in [-0.2, -0.15) is 0 Å². The van der Waals surface area contributed by atoms with Crippen LogP contribution in [0.4, 0.5) is 0 Å². The van der Waals surface area contributed by atoms with Crippen molar-refractivity contribution in [2.45, 2.75) is 0 Å². The monoisotopic (exact) mass is 166 g/mol. The number of rotatable bonds is 1. The zero-order valence-electron chi connectivity index (χ0n) is 6.12. The Labute approximate surface area is 68.8 Å². The van der Waals surface area contributed by atoms with Gasteiger partial charge in [-0.05, 0) is 33.7 Å². The van der Waals surface area contributed by atoms with Crippen molar-refractivity contribution in [3.8, 4) is 0 Å². The van der Waals surface area contributed by atoms with Crippen molar-refractivity contribution in [2.24, 2.45) is 5.73 Å². The molecule has 2 nitrogen and oxygen atoms in total. The van der Waals surface area contributed by atoms with Crippen LogP contribution in [0.3, 0.4) is 0 Å². The molecule has 1 atom stereocenters. The molecule has 0 aromatic heterocycles. The highest BCUT2D eigenvalue weighted by Gasteiger charge is 1.86. The standard InChI is InChI=1S/C8H11N2P/c9-7-3-1-2-4-8(10-11)6-5-7/h1-6,10H,9,11H2/b2-1?,3-1?,4-2-,6-5?,7-3?,7-5?,8-4?,8-6+. The molecule has 58 valence electrons.